The number of guanidine groups is 1. The van der Waals surface area contributed by atoms with Crippen molar-refractivity contribution in [2.75, 3.05) is 19.7 Å². The van der Waals surface area contributed by atoms with Gasteiger partial charge in [0.05, 0.1) is 0 Å². The number of rotatable bonds is 8. The van der Waals surface area contributed by atoms with E-state index >= 15 is 0 Å². The lowest BCUT2D eigenvalue weighted by Crippen LogP contribution is -2.46. The number of aliphatic hydroxyl groups excluding tert-OH is 1. The van der Waals surface area contributed by atoms with Gasteiger partial charge in [-0.1, -0.05) is 27.2 Å². The molecule has 0 aliphatic heterocycles. The van der Waals surface area contributed by atoms with Crippen molar-refractivity contribution >= 4 is 5.96 Å². The Morgan fingerprint density at radius 2 is 1.82 bits per heavy atom. The molecule has 22 heavy (non-hydrogen) atoms. The Kier molecular flexibility index (Phi) is 9.53. The van der Waals surface area contributed by atoms with Gasteiger partial charge < -0.3 is 15.7 Å². The van der Waals surface area contributed by atoms with Crippen molar-refractivity contribution in [3.63, 3.8) is 0 Å². The molecule has 3 unspecified atom stereocenters. The minimum atomic E-state index is 0.266. The zero-order valence-corrected chi connectivity index (χ0v) is 15.1. The summed E-state index contributed by atoms with van der Waals surface area (Å²) in [5.41, 5.74) is 0. The monoisotopic (exact) mass is 311 g/mol. The quantitative estimate of drug-likeness (QED) is 0.477. The number of hydrogen-bond donors (Lipinski definition) is 3. The van der Waals surface area contributed by atoms with Gasteiger partial charge in [0.25, 0.3) is 0 Å². The molecule has 3 N–H and O–H groups in total. The molecule has 0 radical (unpaired) electrons. The molecule has 1 rings (SSSR count). The second-order valence-electron chi connectivity index (χ2n) is 7.15. The molecule has 0 heterocycles. The fraction of sp³-hybridized carbons (Fsp3) is 0.944. The Morgan fingerprint density at radius 1 is 1.14 bits per heavy atom. The van der Waals surface area contributed by atoms with Gasteiger partial charge in [-0.2, -0.15) is 0 Å². The predicted molar refractivity (Wildman–Crippen MR) is 95.2 cm³/mol. The first kappa shape index (κ1) is 19.3. The van der Waals surface area contributed by atoms with E-state index in [1.54, 1.807) is 0 Å². The maximum absolute atomic E-state index is 9.17. The smallest absolute Gasteiger partial charge is 0.191 e. The van der Waals surface area contributed by atoms with Crippen LogP contribution in [0.4, 0.5) is 0 Å². The van der Waals surface area contributed by atoms with Crippen molar-refractivity contribution in [2.24, 2.45) is 22.7 Å². The second kappa shape index (κ2) is 10.9. The number of aliphatic hydroxyl groups is 1. The summed E-state index contributed by atoms with van der Waals surface area (Å²) in [7, 11) is 0. The van der Waals surface area contributed by atoms with Crippen LogP contribution in [-0.2, 0) is 0 Å². The largest absolute Gasteiger partial charge is 0.396 e. The molecule has 4 heteroatoms. The van der Waals surface area contributed by atoms with Gasteiger partial charge in [0.1, 0.15) is 0 Å². The minimum absolute atomic E-state index is 0.266. The van der Waals surface area contributed by atoms with Crippen LogP contribution in [0.2, 0.25) is 0 Å². The van der Waals surface area contributed by atoms with E-state index in [0.29, 0.717) is 12.0 Å². The van der Waals surface area contributed by atoms with E-state index in [2.05, 4.69) is 38.3 Å². The molecule has 1 fully saturated rings. The van der Waals surface area contributed by atoms with Crippen LogP contribution in [0.25, 0.3) is 0 Å². The Bertz CT molecular complexity index is 303. The Hall–Kier alpha value is -0.770. The molecule has 0 saturated heterocycles. The molecule has 3 atom stereocenters. The van der Waals surface area contributed by atoms with Crippen LogP contribution in [0.15, 0.2) is 4.99 Å². The van der Waals surface area contributed by atoms with Crippen molar-refractivity contribution in [3.8, 4) is 0 Å². The highest BCUT2D eigenvalue weighted by atomic mass is 16.3. The van der Waals surface area contributed by atoms with Gasteiger partial charge in [0, 0.05) is 25.7 Å². The van der Waals surface area contributed by atoms with Crippen molar-refractivity contribution in [3.05, 3.63) is 0 Å². The summed E-state index contributed by atoms with van der Waals surface area (Å²) in [4.78, 5) is 4.78. The molecule has 4 nitrogen and oxygen atoms in total. The van der Waals surface area contributed by atoms with Crippen molar-refractivity contribution in [1.82, 2.24) is 10.6 Å². The lowest BCUT2D eigenvalue weighted by Gasteiger charge is -2.33. The fourth-order valence-corrected chi connectivity index (χ4v) is 3.72. The average Bonchev–Trinajstić information content (AvgIpc) is 2.44. The standard InChI is InChI=1S/C18H37N3O/c1-5-7-16(8-9-22)13-20-18(19-6-2)21-17-11-14(3)10-15(4)12-17/h14-17,22H,5-13H2,1-4H3,(H2,19,20,21). The molecule has 0 aromatic rings. The third-order valence-corrected chi connectivity index (χ3v) is 4.61. The van der Waals surface area contributed by atoms with Crippen LogP contribution < -0.4 is 10.6 Å². The highest BCUT2D eigenvalue weighted by Gasteiger charge is 2.24. The summed E-state index contributed by atoms with van der Waals surface area (Å²) >= 11 is 0. The van der Waals surface area contributed by atoms with Gasteiger partial charge in [0.15, 0.2) is 5.96 Å². The molecular formula is C18H37N3O. The maximum atomic E-state index is 9.17. The Labute approximate surface area is 137 Å². The van der Waals surface area contributed by atoms with Gasteiger partial charge in [-0.15, -0.1) is 0 Å². The first-order chi connectivity index (χ1) is 10.6. The lowest BCUT2D eigenvalue weighted by molar-refractivity contribution is 0.251. The van der Waals surface area contributed by atoms with E-state index in [0.717, 1.165) is 50.1 Å². The minimum Gasteiger partial charge on any atom is -0.396 e. The molecular weight excluding hydrogens is 274 g/mol. The third kappa shape index (κ3) is 7.48. The van der Waals surface area contributed by atoms with Crippen molar-refractivity contribution in [1.29, 1.82) is 0 Å². The van der Waals surface area contributed by atoms with Gasteiger partial charge in [-0.25, -0.2) is 0 Å². The molecule has 1 saturated carbocycles. The zero-order chi connectivity index (χ0) is 16.4. The molecule has 0 amide bonds. The molecule has 1 aliphatic rings. The van der Waals surface area contributed by atoms with Gasteiger partial charge >= 0.3 is 0 Å². The Morgan fingerprint density at radius 3 is 2.36 bits per heavy atom. The molecule has 0 aromatic heterocycles. The van der Waals surface area contributed by atoms with Crippen LogP contribution in [0, 0.1) is 17.8 Å². The molecule has 130 valence electrons. The van der Waals surface area contributed by atoms with Gasteiger partial charge in [0.2, 0.25) is 0 Å². The molecule has 1 aliphatic carbocycles. The summed E-state index contributed by atoms with van der Waals surface area (Å²) in [6.45, 7) is 11.0. The lowest BCUT2D eigenvalue weighted by atomic mass is 9.80. The maximum Gasteiger partial charge on any atom is 0.191 e. The predicted octanol–water partition coefficient (Wildman–Crippen LogP) is 3.16. The SMILES string of the molecule is CCCC(CCO)CN=C(NCC)NC1CC(C)CC(C)C1. The van der Waals surface area contributed by atoms with E-state index in [-0.39, 0.29) is 6.61 Å². The number of aliphatic imine (C=N–C) groups is 1. The van der Waals surface area contributed by atoms with Crippen LogP contribution in [-0.4, -0.2) is 36.8 Å². The van der Waals surface area contributed by atoms with Crippen molar-refractivity contribution in [2.45, 2.75) is 72.3 Å². The van der Waals surface area contributed by atoms with Gasteiger partial charge in [-0.05, 0) is 56.8 Å². The fourth-order valence-electron chi connectivity index (χ4n) is 3.72. The summed E-state index contributed by atoms with van der Waals surface area (Å²) in [5.74, 6) is 3.04. The molecule has 0 aromatic carbocycles. The molecule has 0 bridgehead atoms. The van der Waals surface area contributed by atoms with E-state index in [1.165, 1.54) is 19.3 Å². The Balaban J connectivity index is 2.56. The van der Waals surface area contributed by atoms with E-state index in [1.807, 2.05) is 0 Å². The highest BCUT2D eigenvalue weighted by Crippen LogP contribution is 2.28. The second-order valence-corrected chi connectivity index (χ2v) is 7.15. The summed E-state index contributed by atoms with van der Waals surface area (Å²) in [5, 5.41) is 16.2. The zero-order valence-electron chi connectivity index (χ0n) is 15.1. The van der Waals surface area contributed by atoms with Crippen molar-refractivity contribution < 1.29 is 5.11 Å². The topological polar surface area (TPSA) is 56.7 Å². The van der Waals surface area contributed by atoms with Crippen LogP contribution >= 0.6 is 0 Å². The van der Waals surface area contributed by atoms with Crippen LogP contribution in [0.1, 0.15) is 66.2 Å². The van der Waals surface area contributed by atoms with E-state index in [4.69, 9.17) is 4.99 Å². The number of nitrogens with zero attached hydrogens (tertiary/aromatic N) is 1. The molecule has 0 spiro atoms. The summed E-state index contributed by atoms with van der Waals surface area (Å²) in [6.07, 6.45) is 6.98. The number of nitrogens with one attached hydrogen (secondary N) is 2. The normalized spacial score (nSPS) is 27.5. The summed E-state index contributed by atoms with van der Waals surface area (Å²) < 4.78 is 0. The van der Waals surface area contributed by atoms with Gasteiger partial charge in [-0.3, -0.25) is 4.99 Å². The first-order valence-electron chi connectivity index (χ1n) is 9.24. The first-order valence-corrected chi connectivity index (χ1v) is 9.24. The average molecular weight is 312 g/mol. The third-order valence-electron chi connectivity index (χ3n) is 4.61. The number of hydrogen-bond acceptors (Lipinski definition) is 2. The van der Waals surface area contributed by atoms with Crippen LogP contribution in [0.5, 0.6) is 0 Å². The van der Waals surface area contributed by atoms with E-state index in [9.17, 15) is 5.11 Å². The van der Waals surface area contributed by atoms with Crippen LogP contribution in [0.3, 0.4) is 0 Å². The van der Waals surface area contributed by atoms with E-state index < -0.39 is 0 Å². The summed E-state index contributed by atoms with van der Waals surface area (Å²) in [6, 6.07) is 0.541. The highest BCUT2D eigenvalue weighted by molar-refractivity contribution is 5.80.